The Morgan fingerprint density at radius 1 is 1.72 bits per heavy atom. The van der Waals surface area contributed by atoms with Crippen molar-refractivity contribution < 1.29 is 14.7 Å². The molecule has 0 radical (unpaired) electrons. The number of carbonyl (C=O) groups excluding carboxylic acids is 1. The third-order valence-corrected chi connectivity index (χ3v) is 3.04. The average Bonchev–Trinajstić information content (AvgIpc) is 2.37. The number of nitrogens with one attached hydrogen (secondary N) is 1. The van der Waals surface area contributed by atoms with E-state index in [1.165, 1.54) is 0 Å². The first kappa shape index (κ1) is 14.7. The van der Waals surface area contributed by atoms with Crippen molar-refractivity contribution in [3.05, 3.63) is 0 Å². The molecule has 7 heteroatoms. The van der Waals surface area contributed by atoms with Crippen LogP contribution in [-0.2, 0) is 9.53 Å². The molecule has 1 aliphatic rings. The van der Waals surface area contributed by atoms with Gasteiger partial charge < -0.3 is 25.9 Å². The zero-order valence-corrected chi connectivity index (χ0v) is 10.9. The van der Waals surface area contributed by atoms with Crippen LogP contribution in [0.5, 0.6) is 0 Å². The minimum Gasteiger partial charge on any atom is -0.409 e. The van der Waals surface area contributed by atoms with Gasteiger partial charge in [-0.25, -0.2) is 0 Å². The molecule has 1 amide bonds. The van der Waals surface area contributed by atoms with E-state index in [-0.39, 0.29) is 17.8 Å². The highest BCUT2D eigenvalue weighted by Gasteiger charge is 2.23. The third kappa shape index (κ3) is 4.15. The zero-order chi connectivity index (χ0) is 13.5. The topological polar surface area (TPSA) is 100 Å². The summed E-state index contributed by atoms with van der Waals surface area (Å²) in [6.45, 7) is 4.63. The molecule has 7 nitrogen and oxygen atoms in total. The normalized spacial score (nSPS) is 23.7. The second-order valence-electron chi connectivity index (χ2n) is 4.49. The first-order valence-corrected chi connectivity index (χ1v) is 6.13. The third-order valence-electron chi connectivity index (χ3n) is 3.04. The maximum absolute atomic E-state index is 11.8. The van der Waals surface area contributed by atoms with E-state index >= 15 is 0 Å². The van der Waals surface area contributed by atoms with Gasteiger partial charge >= 0.3 is 0 Å². The van der Waals surface area contributed by atoms with Gasteiger partial charge in [0.15, 0.2) is 5.84 Å². The van der Waals surface area contributed by atoms with Crippen molar-refractivity contribution in [3.8, 4) is 0 Å². The van der Waals surface area contributed by atoms with Crippen LogP contribution in [0.25, 0.3) is 0 Å². The summed E-state index contributed by atoms with van der Waals surface area (Å²) in [5.74, 6) is -0.877. The second-order valence-corrected chi connectivity index (χ2v) is 4.49. The summed E-state index contributed by atoms with van der Waals surface area (Å²) in [7, 11) is 2.02. The smallest absolute Gasteiger partial charge is 0.230 e. The highest BCUT2D eigenvalue weighted by atomic mass is 16.5. The zero-order valence-electron chi connectivity index (χ0n) is 10.9. The fourth-order valence-electron chi connectivity index (χ4n) is 1.93. The molecule has 0 aliphatic carbocycles. The first-order valence-electron chi connectivity index (χ1n) is 6.13. The number of hydrogen-bond donors (Lipinski definition) is 3. The number of amidine groups is 1. The number of ether oxygens (including phenoxy) is 1. The molecule has 104 valence electrons. The number of morpholine rings is 1. The van der Waals surface area contributed by atoms with Crippen molar-refractivity contribution in [1.82, 2.24) is 10.2 Å². The monoisotopic (exact) mass is 258 g/mol. The lowest BCUT2D eigenvalue weighted by Gasteiger charge is -2.30. The molecule has 2 unspecified atom stereocenters. The Balaban J connectivity index is 2.39. The van der Waals surface area contributed by atoms with Crippen LogP contribution in [0.4, 0.5) is 0 Å². The fourth-order valence-corrected chi connectivity index (χ4v) is 1.93. The van der Waals surface area contributed by atoms with Crippen LogP contribution < -0.4 is 11.1 Å². The summed E-state index contributed by atoms with van der Waals surface area (Å²) < 4.78 is 5.53. The maximum Gasteiger partial charge on any atom is 0.230 e. The van der Waals surface area contributed by atoms with E-state index in [2.05, 4.69) is 15.4 Å². The maximum atomic E-state index is 11.8. The van der Waals surface area contributed by atoms with Crippen LogP contribution in [0.3, 0.4) is 0 Å². The first-order chi connectivity index (χ1) is 8.58. The van der Waals surface area contributed by atoms with E-state index in [1.54, 1.807) is 0 Å². The van der Waals surface area contributed by atoms with Gasteiger partial charge in [-0.05, 0) is 13.5 Å². The number of carbonyl (C=O) groups is 1. The van der Waals surface area contributed by atoms with Crippen molar-refractivity contribution in [1.29, 1.82) is 0 Å². The molecule has 0 spiro atoms. The Hall–Kier alpha value is -1.34. The Morgan fingerprint density at radius 3 is 3.00 bits per heavy atom. The summed E-state index contributed by atoms with van der Waals surface area (Å²) in [6.07, 6.45) is 0.491. The molecule has 0 aromatic carbocycles. The number of likely N-dealkylation sites (N-methyl/N-ethyl adjacent to an activating group) is 1. The highest BCUT2D eigenvalue weighted by Crippen LogP contribution is 2.05. The van der Waals surface area contributed by atoms with Crippen molar-refractivity contribution in [2.45, 2.75) is 19.4 Å². The summed E-state index contributed by atoms with van der Waals surface area (Å²) in [5.41, 5.74) is 5.46. The molecule has 0 bridgehead atoms. The molecule has 1 rings (SSSR count). The lowest BCUT2D eigenvalue weighted by Crippen LogP contribution is -2.48. The van der Waals surface area contributed by atoms with E-state index in [4.69, 9.17) is 15.7 Å². The van der Waals surface area contributed by atoms with Gasteiger partial charge in [-0.1, -0.05) is 12.1 Å². The van der Waals surface area contributed by atoms with E-state index < -0.39 is 5.92 Å². The van der Waals surface area contributed by atoms with E-state index in [0.29, 0.717) is 19.6 Å². The minimum absolute atomic E-state index is 0.00232. The van der Waals surface area contributed by atoms with Crippen molar-refractivity contribution in [2.24, 2.45) is 16.8 Å². The van der Waals surface area contributed by atoms with Gasteiger partial charge in [0, 0.05) is 19.6 Å². The summed E-state index contributed by atoms with van der Waals surface area (Å²) >= 11 is 0. The van der Waals surface area contributed by atoms with E-state index in [9.17, 15) is 4.79 Å². The standard InChI is InChI=1S/C11H22N4O3/c1-3-9(10(12)14-17)11(16)13-6-8-7-15(2)4-5-18-8/h8-9,17H,3-7H2,1-2H3,(H2,12,14)(H,13,16). The van der Waals surface area contributed by atoms with Gasteiger partial charge in [0.05, 0.1) is 18.6 Å². The van der Waals surface area contributed by atoms with Crippen LogP contribution in [0.15, 0.2) is 5.16 Å². The SMILES string of the molecule is CCC(C(=O)NCC1CN(C)CCO1)C(N)=NO. The van der Waals surface area contributed by atoms with Gasteiger partial charge in [-0.15, -0.1) is 0 Å². The Morgan fingerprint density at radius 2 is 2.44 bits per heavy atom. The predicted octanol–water partition coefficient (Wildman–Crippen LogP) is -0.794. The molecular formula is C11H22N4O3. The quantitative estimate of drug-likeness (QED) is 0.259. The number of nitrogens with zero attached hydrogens (tertiary/aromatic N) is 2. The molecule has 1 heterocycles. The van der Waals surface area contributed by atoms with Crippen LogP contribution in [0, 0.1) is 5.92 Å². The molecule has 1 aliphatic heterocycles. The van der Waals surface area contributed by atoms with Gasteiger partial charge in [-0.2, -0.15) is 0 Å². The summed E-state index contributed by atoms with van der Waals surface area (Å²) in [6, 6.07) is 0. The number of amides is 1. The number of oxime groups is 1. The van der Waals surface area contributed by atoms with Gasteiger partial charge in [0.1, 0.15) is 0 Å². The van der Waals surface area contributed by atoms with Crippen molar-refractivity contribution >= 4 is 11.7 Å². The highest BCUT2D eigenvalue weighted by molar-refractivity contribution is 6.01. The molecule has 2 atom stereocenters. The Bertz CT molecular complexity index is 309. The van der Waals surface area contributed by atoms with Gasteiger partial charge in [0.2, 0.25) is 5.91 Å². The molecule has 18 heavy (non-hydrogen) atoms. The lowest BCUT2D eigenvalue weighted by atomic mass is 10.0. The Labute approximate surface area is 107 Å². The summed E-state index contributed by atoms with van der Waals surface area (Å²) in [4.78, 5) is 14.0. The summed E-state index contributed by atoms with van der Waals surface area (Å²) in [5, 5.41) is 14.2. The molecule has 0 aromatic rings. The minimum atomic E-state index is -0.587. The van der Waals surface area contributed by atoms with E-state index in [0.717, 1.165) is 13.1 Å². The number of rotatable bonds is 5. The van der Waals surface area contributed by atoms with Crippen LogP contribution >= 0.6 is 0 Å². The predicted molar refractivity (Wildman–Crippen MR) is 67.4 cm³/mol. The lowest BCUT2D eigenvalue weighted by molar-refractivity contribution is -0.124. The second kappa shape index (κ2) is 7.17. The van der Waals surface area contributed by atoms with Crippen molar-refractivity contribution in [3.63, 3.8) is 0 Å². The Kier molecular flexibility index (Phi) is 5.87. The fraction of sp³-hybridized carbons (Fsp3) is 0.818. The van der Waals surface area contributed by atoms with E-state index in [1.807, 2.05) is 14.0 Å². The van der Waals surface area contributed by atoms with Crippen molar-refractivity contribution in [2.75, 3.05) is 33.3 Å². The molecular weight excluding hydrogens is 236 g/mol. The number of nitrogens with two attached hydrogens (primary N) is 1. The van der Waals surface area contributed by atoms with Gasteiger partial charge in [-0.3, -0.25) is 4.79 Å². The molecule has 0 saturated carbocycles. The van der Waals surface area contributed by atoms with Crippen LogP contribution in [-0.4, -0.2) is 61.2 Å². The molecule has 1 fully saturated rings. The molecule has 1 saturated heterocycles. The molecule has 0 aromatic heterocycles. The largest absolute Gasteiger partial charge is 0.409 e. The van der Waals surface area contributed by atoms with Crippen LogP contribution in [0.2, 0.25) is 0 Å². The molecule has 4 N–H and O–H groups in total. The van der Waals surface area contributed by atoms with Crippen LogP contribution in [0.1, 0.15) is 13.3 Å². The average molecular weight is 258 g/mol. The van der Waals surface area contributed by atoms with Gasteiger partial charge in [0.25, 0.3) is 0 Å². The number of hydrogen-bond acceptors (Lipinski definition) is 5.